The number of carbonyl (C=O) groups is 1. The molecule has 0 bridgehead atoms. The molecule has 0 fully saturated rings. The van der Waals surface area contributed by atoms with E-state index in [1.165, 1.54) is 30.3 Å². The van der Waals surface area contributed by atoms with E-state index in [2.05, 4.69) is 0 Å². The standard InChI is InChI=1S/C27H16Cl2F4O5/c1-13-10-16(11-14(2)23(13)29)37-25-24(35)18-7-6-15(12-21(18)38-26(25)27(31,32)33)36-22(34)9-8-17-19(28)4-3-5-20(17)30/h3-12H,1-2H3. The molecule has 0 saturated heterocycles. The van der Waals surface area contributed by atoms with Crippen molar-refractivity contribution >= 4 is 46.2 Å². The maximum absolute atomic E-state index is 13.9. The molecule has 5 nitrogen and oxygen atoms in total. The van der Waals surface area contributed by atoms with E-state index >= 15 is 0 Å². The summed E-state index contributed by atoms with van der Waals surface area (Å²) in [6, 6.07) is 10.0. The van der Waals surface area contributed by atoms with Gasteiger partial charge in [-0.25, -0.2) is 9.18 Å². The van der Waals surface area contributed by atoms with E-state index in [0.29, 0.717) is 16.1 Å². The van der Waals surface area contributed by atoms with Crippen LogP contribution < -0.4 is 14.9 Å². The molecule has 3 aromatic carbocycles. The molecule has 0 N–H and O–H groups in total. The van der Waals surface area contributed by atoms with Gasteiger partial charge in [0, 0.05) is 22.7 Å². The van der Waals surface area contributed by atoms with Gasteiger partial charge in [-0.2, -0.15) is 13.2 Å². The fourth-order valence-electron chi connectivity index (χ4n) is 3.55. The van der Waals surface area contributed by atoms with Crippen molar-refractivity contribution in [1.29, 1.82) is 0 Å². The zero-order chi connectivity index (χ0) is 27.8. The zero-order valence-corrected chi connectivity index (χ0v) is 21.1. The Morgan fingerprint density at radius 1 is 1.00 bits per heavy atom. The predicted molar refractivity (Wildman–Crippen MR) is 135 cm³/mol. The number of benzene rings is 3. The minimum absolute atomic E-state index is 0.0335. The first-order chi connectivity index (χ1) is 17.8. The molecule has 196 valence electrons. The van der Waals surface area contributed by atoms with Crippen molar-refractivity contribution in [2.75, 3.05) is 0 Å². The Morgan fingerprint density at radius 2 is 1.68 bits per heavy atom. The number of carbonyl (C=O) groups excluding carboxylic acids is 1. The summed E-state index contributed by atoms with van der Waals surface area (Å²) in [5.74, 6) is -4.63. The second-order valence-corrected chi connectivity index (χ2v) is 8.89. The first kappa shape index (κ1) is 27.2. The smallest absolute Gasteiger partial charge is 0.449 e. The normalized spacial score (nSPS) is 11.8. The van der Waals surface area contributed by atoms with E-state index in [1.54, 1.807) is 13.8 Å². The highest BCUT2D eigenvalue weighted by molar-refractivity contribution is 6.32. The van der Waals surface area contributed by atoms with E-state index in [4.69, 9.17) is 37.1 Å². The SMILES string of the molecule is Cc1cc(Oc2c(C(F)(F)F)oc3cc(OC(=O)C=Cc4c(F)cccc4Cl)ccc3c2=O)cc(C)c1Cl. The molecule has 0 aliphatic heterocycles. The molecule has 11 heteroatoms. The van der Waals surface area contributed by atoms with E-state index in [0.717, 1.165) is 30.4 Å². The van der Waals surface area contributed by atoms with Gasteiger partial charge in [-0.1, -0.05) is 29.3 Å². The van der Waals surface area contributed by atoms with Gasteiger partial charge in [0.1, 0.15) is 22.9 Å². The maximum atomic E-state index is 13.9. The Bertz CT molecular complexity index is 1620. The molecule has 4 aromatic rings. The molecule has 1 aromatic heterocycles. The molecule has 38 heavy (non-hydrogen) atoms. The molecular formula is C27H16Cl2F4O5. The number of halogens is 6. The average Bonchev–Trinajstić information content (AvgIpc) is 2.83. The van der Waals surface area contributed by atoms with Crippen LogP contribution in [0.15, 0.2) is 63.8 Å². The summed E-state index contributed by atoms with van der Waals surface area (Å²) in [5, 5.41) is 0.222. The number of hydrogen-bond donors (Lipinski definition) is 0. The van der Waals surface area contributed by atoms with Crippen molar-refractivity contribution in [3.63, 3.8) is 0 Å². The van der Waals surface area contributed by atoms with Gasteiger partial charge in [-0.3, -0.25) is 4.79 Å². The summed E-state index contributed by atoms with van der Waals surface area (Å²) in [4.78, 5) is 25.2. The van der Waals surface area contributed by atoms with Gasteiger partial charge in [0.2, 0.25) is 11.2 Å². The Hall–Kier alpha value is -3.82. The van der Waals surface area contributed by atoms with E-state index in [9.17, 15) is 27.2 Å². The maximum Gasteiger partial charge on any atom is 0.453 e. The van der Waals surface area contributed by atoms with Crippen LogP contribution in [0.5, 0.6) is 17.2 Å². The number of rotatable bonds is 5. The van der Waals surface area contributed by atoms with Crippen LogP contribution in [-0.2, 0) is 11.0 Å². The molecule has 0 amide bonds. The molecule has 0 saturated carbocycles. The average molecular weight is 567 g/mol. The lowest BCUT2D eigenvalue weighted by Crippen LogP contribution is -2.15. The number of alkyl halides is 3. The van der Waals surface area contributed by atoms with Gasteiger partial charge < -0.3 is 13.9 Å². The minimum Gasteiger partial charge on any atom is -0.449 e. The van der Waals surface area contributed by atoms with Crippen molar-refractivity contribution in [3.8, 4) is 17.2 Å². The summed E-state index contributed by atoms with van der Waals surface area (Å²) in [5.41, 5.74) is -0.555. The van der Waals surface area contributed by atoms with Crippen LogP contribution in [-0.4, -0.2) is 5.97 Å². The third-order valence-electron chi connectivity index (χ3n) is 5.31. The highest BCUT2D eigenvalue weighted by Crippen LogP contribution is 2.39. The molecule has 0 atom stereocenters. The largest absolute Gasteiger partial charge is 0.453 e. The topological polar surface area (TPSA) is 65.7 Å². The lowest BCUT2D eigenvalue weighted by molar-refractivity contribution is -0.154. The van der Waals surface area contributed by atoms with Gasteiger partial charge in [0.25, 0.3) is 5.76 Å². The Balaban J connectivity index is 1.69. The number of fused-ring (bicyclic) bond motifs is 1. The Morgan fingerprint density at radius 3 is 2.32 bits per heavy atom. The molecular weight excluding hydrogens is 551 g/mol. The van der Waals surface area contributed by atoms with Crippen LogP contribution in [0.2, 0.25) is 10.0 Å². The van der Waals surface area contributed by atoms with Crippen molar-refractivity contribution in [3.05, 3.63) is 103 Å². The van der Waals surface area contributed by atoms with Crippen LogP contribution in [0.4, 0.5) is 17.6 Å². The highest BCUT2D eigenvalue weighted by Gasteiger charge is 2.40. The Kier molecular flexibility index (Phi) is 7.53. The number of hydrogen-bond acceptors (Lipinski definition) is 5. The first-order valence-electron chi connectivity index (χ1n) is 10.8. The van der Waals surface area contributed by atoms with Crippen LogP contribution in [0.3, 0.4) is 0 Å². The second kappa shape index (κ2) is 10.5. The summed E-state index contributed by atoms with van der Waals surface area (Å²) in [6.07, 6.45) is -3.11. The van der Waals surface area contributed by atoms with Crippen LogP contribution in [0, 0.1) is 19.7 Å². The Labute approximate surface area is 222 Å². The lowest BCUT2D eigenvalue weighted by atomic mass is 10.1. The lowest BCUT2D eigenvalue weighted by Gasteiger charge is -2.14. The number of esters is 1. The molecule has 1 heterocycles. The molecule has 0 spiro atoms. The quantitative estimate of drug-likeness (QED) is 0.105. The third kappa shape index (κ3) is 5.69. The van der Waals surface area contributed by atoms with Crippen molar-refractivity contribution in [2.24, 2.45) is 0 Å². The highest BCUT2D eigenvalue weighted by atomic mass is 35.5. The van der Waals surface area contributed by atoms with Crippen molar-refractivity contribution in [1.82, 2.24) is 0 Å². The van der Waals surface area contributed by atoms with E-state index < -0.39 is 40.5 Å². The van der Waals surface area contributed by atoms with Gasteiger partial charge in [-0.15, -0.1) is 0 Å². The predicted octanol–water partition coefficient (Wildman–Crippen LogP) is 8.29. The summed E-state index contributed by atoms with van der Waals surface area (Å²) >= 11 is 12.0. The summed E-state index contributed by atoms with van der Waals surface area (Å²) in [7, 11) is 0. The van der Waals surface area contributed by atoms with Crippen LogP contribution in [0.25, 0.3) is 17.0 Å². The van der Waals surface area contributed by atoms with Gasteiger partial charge in [0.15, 0.2) is 0 Å². The third-order valence-corrected chi connectivity index (χ3v) is 6.24. The van der Waals surface area contributed by atoms with Crippen LogP contribution in [0.1, 0.15) is 22.5 Å². The number of aryl methyl sites for hydroxylation is 2. The number of ether oxygens (including phenoxy) is 2. The molecule has 0 unspecified atom stereocenters. The van der Waals surface area contributed by atoms with E-state index in [-0.39, 0.29) is 27.5 Å². The minimum atomic E-state index is -5.09. The molecule has 4 rings (SSSR count). The zero-order valence-electron chi connectivity index (χ0n) is 19.6. The fourth-order valence-corrected chi connectivity index (χ4v) is 3.89. The van der Waals surface area contributed by atoms with Crippen molar-refractivity contribution < 1.29 is 36.2 Å². The van der Waals surface area contributed by atoms with Crippen LogP contribution >= 0.6 is 23.2 Å². The van der Waals surface area contributed by atoms with E-state index in [1.807, 2.05) is 0 Å². The first-order valence-corrected chi connectivity index (χ1v) is 11.6. The summed E-state index contributed by atoms with van der Waals surface area (Å²) in [6.45, 7) is 3.28. The van der Waals surface area contributed by atoms with Gasteiger partial charge in [0.05, 0.1) is 10.4 Å². The van der Waals surface area contributed by atoms with Crippen molar-refractivity contribution in [2.45, 2.75) is 20.0 Å². The fraction of sp³-hybridized carbons (Fsp3) is 0.111. The molecule has 0 aliphatic rings. The van der Waals surface area contributed by atoms with Gasteiger partial charge >= 0.3 is 12.1 Å². The monoisotopic (exact) mass is 566 g/mol. The molecule has 0 aliphatic carbocycles. The second-order valence-electron chi connectivity index (χ2n) is 8.11. The summed E-state index contributed by atoms with van der Waals surface area (Å²) < 4.78 is 70.9. The molecule has 0 radical (unpaired) electrons. The van der Waals surface area contributed by atoms with Gasteiger partial charge in [-0.05, 0) is 67.4 Å².